The van der Waals surface area contributed by atoms with Crippen LogP contribution in [0.1, 0.15) is 44.9 Å². The van der Waals surface area contributed by atoms with Crippen molar-refractivity contribution in [2.75, 3.05) is 26.2 Å². The molecule has 0 aliphatic carbocycles. The zero-order valence-corrected chi connectivity index (χ0v) is 21.4. The Kier molecular flexibility index (Phi) is 7.93. The Morgan fingerprint density at radius 2 is 1.97 bits per heavy atom. The first-order valence-corrected chi connectivity index (χ1v) is 12.7. The molecule has 190 valence electrons. The maximum absolute atomic E-state index is 14.4. The van der Waals surface area contributed by atoms with Crippen molar-refractivity contribution in [3.8, 4) is 5.75 Å². The quantitative estimate of drug-likeness (QED) is 0.598. The average Bonchev–Trinajstić information content (AvgIpc) is 2.74. The molecule has 0 saturated heterocycles. The number of amides is 1. The first-order chi connectivity index (χ1) is 16.2. The Morgan fingerprint density at radius 1 is 1.26 bits per heavy atom. The predicted octanol–water partition coefficient (Wildman–Crippen LogP) is 3.02. The number of hydrogen-bond donors (Lipinski definition) is 1. The lowest BCUT2D eigenvalue weighted by Gasteiger charge is -2.29. The Morgan fingerprint density at radius 3 is 2.51 bits per heavy atom. The molecule has 0 saturated carbocycles. The summed E-state index contributed by atoms with van der Waals surface area (Å²) >= 11 is 0. The summed E-state index contributed by atoms with van der Waals surface area (Å²) < 4.78 is 50.6. The molecule has 0 bridgehead atoms. The second-order valence-electron chi connectivity index (χ2n) is 9.59. The fourth-order valence-corrected chi connectivity index (χ4v) is 4.12. The molecule has 1 aliphatic heterocycles. The van der Waals surface area contributed by atoms with Gasteiger partial charge in [-0.1, -0.05) is 12.1 Å². The van der Waals surface area contributed by atoms with Gasteiger partial charge in [0.1, 0.15) is 23.3 Å². The number of rotatable bonds is 6. The average molecular weight is 508 g/mol. The minimum atomic E-state index is -3.93. The molecule has 11 heteroatoms. The minimum absolute atomic E-state index is 0.272. The number of ether oxygens (including phenoxy) is 2. The highest BCUT2D eigenvalue weighted by Gasteiger charge is 2.33. The lowest BCUT2D eigenvalue weighted by molar-refractivity contribution is -0.458. The standard InChI is InChI=1S/C24H32FN4O5S/c1-16-6-7-18(12-20(16)25)21(33-19-8-9-22(27-13-19)35(26,31)32)15-28-10-11-29(17(2)14-28)23(30)34-24(3,4)5/h6-9,12-13,21H,10-11,14-15H2,1-5H3,(H2,26,31,32)/q+1. The van der Waals surface area contributed by atoms with Crippen molar-refractivity contribution >= 4 is 21.8 Å². The summed E-state index contributed by atoms with van der Waals surface area (Å²) in [6.07, 6.45) is 0.312. The maximum Gasteiger partial charge on any atom is 0.596 e. The van der Waals surface area contributed by atoms with Gasteiger partial charge in [-0.05, 0) is 57.0 Å². The third-order valence-corrected chi connectivity index (χ3v) is 6.26. The molecule has 1 aromatic heterocycles. The summed E-state index contributed by atoms with van der Waals surface area (Å²) in [4.78, 5) is 18.5. The van der Waals surface area contributed by atoms with Crippen LogP contribution in [0.15, 0.2) is 41.6 Å². The Bertz CT molecular complexity index is 1220. The third kappa shape index (κ3) is 7.30. The van der Waals surface area contributed by atoms with Crippen LogP contribution in [0.3, 0.4) is 0 Å². The van der Waals surface area contributed by atoms with Gasteiger partial charge in [-0.2, -0.15) is 4.79 Å². The number of primary sulfonamides is 1. The summed E-state index contributed by atoms with van der Waals surface area (Å²) in [5.74, 6) is -0.0345. The first kappa shape index (κ1) is 26.7. The van der Waals surface area contributed by atoms with Gasteiger partial charge in [0.15, 0.2) is 17.3 Å². The van der Waals surface area contributed by atoms with Gasteiger partial charge in [-0.15, -0.1) is 4.58 Å². The topological polar surface area (TPSA) is 115 Å². The molecule has 1 aliphatic rings. The van der Waals surface area contributed by atoms with Gasteiger partial charge in [0, 0.05) is 13.5 Å². The van der Waals surface area contributed by atoms with E-state index in [4.69, 9.17) is 14.6 Å². The van der Waals surface area contributed by atoms with E-state index in [1.807, 2.05) is 27.7 Å². The minimum Gasteiger partial charge on any atom is -0.483 e. The second-order valence-corrected chi connectivity index (χ2v) is 11.1. The van der Waals surface area contributed by atoms with Crippen molar-refractivity contribution in [3.05, 3.63) is 53.5 Å². The van der Waals surface area contributed by atoms with Gasteiger partial charge in [0.25, 0.3) is 10.0 Å². The summed E-state index contributed by atoms with van der Waals surface area (Å²) in [5.41, 5.74) is 1.38. The van der Waals surface area contributed by atoms with Gasteiger partial charge < -0.3 is 9.47 Å². The third-order valence-electron chi connectivity index (χ3n) is 5.44. The Hall–Kier alpha value is -2.89. The number of hydrogen-bond acceptors (Lipinski definition) is 7. The lowest BCUT2D eigenvalue weighted by atomic mass is 10.1. The van der Waals surface area contributed by atoms with Crippen LogP contribution in [0.4, 0.5) is 9.18 Å². The molecular formula is C24H32FN4O5S+. The molecule has 9 nitrogen and oxygen atoms in total. The van der Waals surface area contributed by atoms with E-state index in [0.717, 1.165) is 5.71 Å². The van der Waals surface area contributed by atoms with Crippen LogP contribution in [-0.2, 0) is 14.8 Å². The number of aryl methyl sites for hydroxylation is 1. The number of nitrogens with two attached hydrogens (primary N) is 1. The van der Waals surface area contributed by atoms with Gasteiger partial charge in [0.05, 0.1) is 19.3 Å². The van der Waals surface area contributed by atoms with Gasteiger partial charge >= 0.3 is 6.09 Å². The van der Waals surface area contributed by atoms with Crippen molar-refractivity contribution in [1.29, 1.82) is 0 Å². The number of carbonyl (C=O) groups is 1. The van der Waals surface area contributed by atoms with Gasteiger partial charge in [-0.3, -0.25) is 4.90 Å². The van der Waals surface area contributed by atoms with Crippen LogP contribution in [-0.4, -0.2) is 66.5 Å². The van der Waals surface area contributed by atoms with Crippen molar-refractivity contribution in [1.82, 2.24) is 9.88 Å². The highest BCUT2D eigenvalue weighted by molar-refractivity contribution is 7.89. The van der Waals surface area contributed by atoms with Crippen LogP contribution in [0.25, 0.3) is 0 Å². The highest BCUT2D eigenvalue weighted by Crippen LogP contribution is 2.25. The van der Waals surface area contributed by atoms with E-state index >= 15 is 0 Å². The van der Waals surface area contributed by atoms with Crippen molar-refractivity contribution < 1.29 is 31.7 Å². The van der Waals surface area contributed by atoms with E-state index in [1.165, 1.54) is 24.4 Å². The van der Waals surface area contributed by atoms with Crippen molar-refractivity contribution in [3.63, 3.8) is 0 Å². The summed E-state index contributed by atoms with van der Waals surface area (Å²) in [5, 5.41) is 4.84. The monoisotopic (exact) mass is 507 g/mol. The Balaban J connectivity index is 1.81. The van der Waals surface area contributed by atoms with E-state index in [-0.39, 0.29) is 16.9 Å². The van der Waals surface area contributed by atoms with Crippen LogP contribution in [0.2, 0.25) is 0 Å². The SMILES string of the molecule is CC1=[N+](C(=O)OC(C)(C)C)CCN(CC(Oc2ccc(S(N)(=O)=O)nc2)c2ccc(C)c(F)c2)C1. The van der Waals surface area contributed by atoms with Crippen LogP contribution in [0.5, 0.6) is 5.75 Å². The normalized spacial score (nSPS) is 16.2. The zero-order chi connectivity index (χ0) is 26.0. The zero-order valence-electron chi connectivity index (χ0n) is 20.6. The van der Waals surface area contributed by atoms with E-state index in [0.29, 0.717) is 43.1 Å². The number of nitrogens with zero attached hydrogens (tertiary/aromatic N) is 3. The fourth-order valence-electron chi connectivity index (χ4n) is 3.66. The molecule has 1 unspecified atom stereocenters. The van der Waals surface area contributed by atoms with Crippen LogP contribution in [0, 0.1) is 12.7 Å². The first-order valence-electron chi connectivity index (χ1n) is 11.2. The largest absolute Gasteiger partial charge is 0.596 e. The summed E-state index contributed by atoms with van der Waals surface area (Å²) in [6, 6.07) is 7.63. The molecule has 1 aromatic carbocycles. The number of carbonyl (C=O) groups excluding carboxylic acids is 1. The number of sulfonamides is 1. The van der Waals surface area contributed by atoms with Crippen molar-refractivity contribution in [2.45, 2.75) is 51.3 Å². The molecule has 2 N–H and O–H groups in total. The highest BCUT2D eigenvalue weighted by atomic mass is 32.2. The maximum atomic E-state index is 14.4. The number of benzene rings is 1. The number of pyridine rings is 1. The summed E-state index contributed by atoms with van der Waals surface area (Å²) in [7, 11) is -3.93. The van der Waals surface area contributed by atoms with E-state index in [1.54, 1.807) is 23.6 Å². The van der Waals surface area contributed by atoms with Crippen LogP contribution >= 0.6 is 0 Å². The molecule has 35 heavy (non-hydrogen) atoms. The molecule has 0 radical (unpaired) electrons. The Labute approximate surface area is 205 Å². The predicted molar refractivity (Wildman–Crippen MR) is 129 cm³/mol. The number of aromatic nitrogens is 1. The summed E-state index contributed by atoms with van der Waals surface area (Å²) in [6.45, 7) is 10.9. The molecular weight excluding hydrogens is 475 g/mol. The van der Waals surface area contributed by atoms with Gasteiger partial charge in [0.2, 0.25) is 0 Å². The molecule has 2 heterocycles. The van der Waals surface area contributed by atoms with Crippen LogP contribution < -0.4 is 9.88 Å². The van der Waals surface area contributed by atoms with Gasteiger partial charge in [-0.25, -0.2) is 22.9 Å². The molecule has 2 aromatic rings. The lowest BCUT2D eigenvalue weighted by Crippen LogP contribution is -2.48. The van der Waals surface area contributed by atoms with Crippen molar-refractivity contribution in [2.24, 2.45) is 5.14 Å². The molecule has 0 fully saturated rings. The van der Waals surface area contributed by atoms with E-state index < -0.39 is 21.7 Å². The van der Waals surface area contributed by atoms with E-state index in [2.05, 4.69) is 9.88 Å². The van der Waals surface area contributed by atoms with E-state index in [9.17, 15) is 17.6 Å². The molecule has 1 amide bonds. The molecule has 3 rings (SSSR count). The molecule has 1 atom stereocenters. The molecule has 0 spiro atoms. The second kappa shape index (κ2) is 10.4. The smallest absolute Gasteiger partial charge is 0.483 e. The number of halogens is 1. The fraction of sp³-hybridized carbons (Fsp3) is 0.458.